The quantitative estimate of drug-likeness (QED) is 0.731. The van der Waals surface area contributed by atoms with Crippen LogP contribution in [0, 0.1) is 5.82 Å². The fourth-order valence-electron chi connectivity index (χ4n) is 2.03. The second-order valence-corrected chi connectivity index (χ2v) is 5.21. The van der Waals surface area contributed by atoms with E-state index >= 15 is 0 Å². The van der Waals surface area contributed by atoms with E-state index in [4.69, 9.17) is 0 Å². The van der Waals surface area contributed by atoms with Crippen molar-refractivity contribution in [3.63, 3.8) is 0 Å². The molecule has 0 atom stereocenters. The van der Waals surface area contributed by atoms with Gasteiger partial charge in [-0.25, -0.2) is 4.39 Å². The standard InChI is InChI=1S/C18H20FN3O2/c1-2-11-20-18(24)13-7-9-14(10-8-13)22-17(23)12-21-16-6-4-3-5-15(16)19/h3-10,21H,2,11-12H2,1H3,(H,20,24)(H,22,23). The van der Waals surface area contributed by atoms with Gasteiger partial charge in [-0.1, -0.05) is 19.1 Å². The Bertz CT molecular complexity index is 702. The number of carbonyl (C=O) groups is 2. The number of hydrogen-bond donors (Lipinski definition) is 3. The van der Waals surface area contributed by atoms with Crippen molar-refractivity contribution in [2.75, 3.05) is 23.7 Å². The molecule has 0 fully saturated rings. The van der Waals surface area contributed by atoms with Gasteiger partial charge in [0.1, 0.15) is 5.82 Å². The van der Waals surface area contributed by atoms with Crippen LogP contribution >= 0.6 is 0 Å². The third-order valence-electron chi connectivity index (χ3n) is 3.28. The lowest BCUT2D eigenvalue weighted by atomic mass is 10.2. The summed E-state index contributed by atoms with van der Waals surface area (Å²) in [5.41, 5.74) is 1.38. The Hall–Kier alpha value is -2.89. The van der Waals surface area contributed by atoms with Gasteiger partial charge in [0, 0.05) is 17.8 Å². The van der Waals surface area contributed by atoms with E-state index in [2.05, 4.69) is 16.0 Å². The molecule has 5 nitrogen and oxygen atoms in total. The fourth-order valence-corrected chi connectivity index (χ4v) is 2.03. The molecule has 0 radical (unpaired) electrons. The molecule has 0 bridgehead atoms. The molecule has 24 heavy (non-hydrogen) atoms. The molecule has 2 aromatic rings. The van der Waals surface area contributed by atoms with Crippen LogP contribution in [0.5, 0.6) is 0 Å². The number of benzene rings is 2. The van der Waals surface area contributed by atoms with Gasteiger partial charge in [-0.05, 0) is 42.8 Å². The summed E-state index contributed by atoms with van der Waals surface area (Å²) in [7, 11) is 0. The Morgan fingerprint density at radius 2 is 1.75 bits per heavy atom. The average Bonchev–Trinajstić information content (AvgIpc) is 2.59. The predicted molar refractivity (Wildman–Crippen MR) is 92.6 cm³/mol. The molecule has 0 aromatic heterocycles. The summed E-state index contributed by atoms with van der Waals surface area (Å²) in [6.45, 7) is 2.55. The molecule has 6 heteroatoms. The van der Waals surface area contributed by atoms with E-state index in [9.17, 15) is 14.0 Å². The average molecular weight is 329 g/mol. The molecule has 0 saturated carbocycles. The van der Waals surface area contributed by atoms with E-state index in [1.807, 2.05) is 6.92 Å². The zero-order chi connectivity index (χ0) is 17.4. The second-order valence-electron chi connectivity index (χ2n) is 5.21. The van der Waals surface area contributed by atoms with Gasteiger partial charge in [0.15, 0.2) is 0 Å². The molecule has 3 N–H and O–H groups in total. The number of para-hydroxylation sites is 1. The summed E-state index contributed by atoms with van der Waals surface area (Å²) < 4.78 is 13.4. The van der Waals surface area contributed by atoms with Gasteiger partial charge >= 0.3 is 0 Å². The highest BCUT2D eigenvalue weighted by molar-refractivity contribution is 5.96. The van der Waals surface area contributed by atoms with Crippen LogP contribution in [0.2, 0.25) is 0 Å². The smallest absolute Gasteiger partial charge is 0.251 e. The maximum atomic E-state index is 13.4. The molecule has 2 aromatic carbocycles. The summed E-state index contributed by atoms with van der Waals surface area (Å²) in [5, 5.41) is 8.20. The van der Waals surface area contributed by atoms with Gasteiger partial charge in [0.25, 0.3) is 5.91 Å². The van der Waals surface area contributed by atoms with Gasteiger partial charge in [-0.15, -0.1) is 0 Å². The Balaban J connectivity index is 1.85. The van der Waals surface area contributed by atoms with Crippen LogP contribution in [0.25, 0.3) is 0 Å². The molecule has 0 aliphatic carbocycles. The van der Waals surface area contributed by atoms with E-state index in [1.165, 1.54) is 6.07 Å². The van der Waals surface area contributed by atoms with Gasteiger partial charge in [0.05, 0.1) is 12.2 Å². The van der Waals surface area contributed by atoms with Crippen LogP contribution < -0.4 is 16.0 Å². The number of carbonyl (C=O) groups excluding carboxylic acids is 2. The first kappa shape index (κ1) is 17.5. The minimum absolute atomic E-state index is 0.0559. The van der Waals surface area contributed by atoms with Crippen LogP contribution in [0.15, 0.2) is 48.5 Å². The van der Waals surface area contributed by atoms with Crippen LogP contribution in [-0.4, -0.2) is 24.9 Å². The van der Waals surface area contributed by atoms with Crippen molar-refractivity contribution < 1.29 is 14.0 Å². The zero-order valence-corrected chi connectivity index (χ0v) is 13.4. The van der Waals surface area contributed by atoms with E-state index in [0.29, 0.717) is 17.8 Å². The first-order valence-corrected chi connectivity index (χ1v) is 7.76. The van der Waals surface area contributed by atoms with Crippen molar-refractivity contribution in [2.24, 2.45) is 0 Å². The first-order valence-electron chi connectivity index (χ1n) is 7.76. The molecule has 2 rings (SSSR count). The highest BCUT2D eigenvalue weighted by Gasteiger charge is 2.07. The molecule has 0 unspecified atom stereocenters. The number of hydrogen-bond acceptors (Lipinski definition) is 3. The molecular weight excluding hydrogens is 309 g/mol. The Kier molecular flexibility index (Phi) is 6.31. The number of nitrogens with one attached hydrogen (secondary N) is 3. The van der Waals surface area contributed by atoms with Crippen molar-refractivity contribution in [1.29, 1.82) is 0 Å². The molecular formula is C18H20FN3O2. The Morgan fingerprint density at radius 1 is 1.04 bits per heavy atom. The third-order valence-corrected chi connectivity index (χ3v) is 3.28. The monoisotopic (exact) mass is 329 g/mol. The normalized spacial score (nSPS) is 10.1. The third kappa shape index (κ3) is 5.08. The highest BCUT2D eigenvalue weighted by Crippen LogP contribution is 2.12. The van der Waals surface area contributed by atoms with E-state index < -0.39 is 5.82 Å². The fraction of sp³-hybridized carbons (Fsp3) is 0.222. The Morgan fingerprint density at radius 3 is 2.42 bits per heavy atom. The van der Waals surface area contributed by atoms with Gasteiger partial charge < -0.3 is 16.0 Å². The van der Waals surface area contributed by atoms with Gasteiger partial charge in [-0.3, -0.25) is 9.59 Å². The predicted octanol–water partition coefficient (Wildman–Crippen LogP) is 3.02. The van der Waals surface area contributed by atoms with E-state index in [-0.39, 0.29) is 24.0 Å². The van der Waals surface area contributed by atoms with Crippen LogP contribution in [0.4, 0.5) is 15.8 Å². The second kappa shape index (κ2) is 8.67. The van der Waals surface area contributed by atoms with Crippen molar-refractivity contribution >= 4 is 23.2 Å². The maximum Gasteiger partial charge on any atom is 0.251 e. The zero-order valence-electron chi connectivity index (χ0n) is 13.4. The van der Waals surface area contributed by atoms with Crippen LogP contribution in [-0.2, 0) is 4.79 Å². The molecule has 126 valence electrons. The number of anilines is 2. The minimum Gasteiger partial charge on any atom is -0.374 e. The largest absolute Gasteiger partial charge is 0.374 e. The van der Waals surface area contributed by atoms with E-state index in [0.717, 1.165) is 6.42 Å². The van der Waals surface area contributed by atoms with E-state index in [1.54, 1.807) is 42.5 Å². The Labute approximate surface area is 140 Å². The summed E-state index contributed by atoms with van der Waals surface area (Å²) in [4.78, 5) is 23.7. The van der Waals surface area contributed by atoms with Crippen molar-refractivity contribution in [3.8, 4) is 0 Å². The summed E-state index contributed by atoms with van der Waals surface area (Å²) in [5.74, 6) is -0.856. The lowest BCUT2D eigenvalue weighted by Crippen LogP contribution is -2.24. The van der Waals surface area contributed by atoms with Crippen molar-refractivity contribution in [1.82, 2.24) is 5.32 Å². The van der Waals surface area contributed by atoms with Crippen LogP contribution in [0.3, 0.4) is 0 Å². The minimum atomic E-state index is -0.409. The number of halogens is 1. The molecule has 0 saturated heterocycles. The number of amides is 2. The molecule has 0 spiro atoms. The number of rotatable bonds is 7. The lowest BCUT2D eigenvalue weighted by molar-refractivity contribution is -0.114. The first-order chi connectivity index (χ1) is 11.6. The van der Waals surface area contributed by atoms with Crippen molar-refractivity contribution in [3.05, 3.63) is 59.9 Å². The summed E-state index contributed by atoms with van der Waals surface area (Å²) in [6, 6.07) is 12.7. The molecule has 0 aliphatic heterocycles. The SMILES string of the molecule is CCCNC(=O)c1ccc(NC(=O)CNc2ccccc2F)cc1. The van der Waals surface area contributed by atoms with Gasteiger partial charge in [0.2, 0.25) is 5.91 Å². The van der Waals surface area contributed by atoms with Crippen molar-refractivity contribution in [2.45, 2.75) is 13.3 Å². The topological polar surface area (TPSA) is 70.2 Å². The highest BCUT2D eigenvalue weighted by atomic mass is 19.1. The molecule has 2 amide bonds. The lowest BCUT2D eigenvalue weighted by Gasteiger charge is -2.09. The maximum absolute atomic E-state index is 13.4. The summed E-state index contributed by atoms with van der Waals surface area (Å²) in [6.07, 6.45) is 0.870. The summed E-state index contributed by atoms with van der Waals surface area (Å²) >= 11 is 0. The van der Waals surface area contributed by atoms with Gasteiger partial charge in [-0.2, -0.15) is 0 Å². The molecule has 0 aliphatic rings. The molecule has 0 heterocycles. The van der Waals surface area contributed by atoms with Crippen LogP contribution in [0.1, 0.15) is 23.7 Å².